The maximum absolute atomic E-state index is 13.0. The molecule has 0 bridgehead atoms. The van der Waals surface area contributed by atoms with Crippen LogP contribution in [-0.2, 0) is 4.79 Å². The lowest BCUT2D eigenvalue weighted by Gasteiger charge is -2.39. The molecule has 1 aliphatic carbocycles. The number of carbonyl (C=O) groups excluding carboxylic acids is 1. The zero-order valence-corrected chi connectivity index (χ0v) is 14.7. The van der Waals surface area contributed by atoms with Gasteiger partial charge in [0.1, 0.15) is 0 Å². The first-order chi connectivity index (χ1) is 12.2. The summed E-state index contributed by atoms with van der Waals surface area (Å²) in [6.07, 6.45) is 4.73. The minimum Gasteiger partial charge on any atom is -0.388 e. The van der Waals surface area contributed by atoms with Crippen LogP contribution in [-0.4, -0.2) is 41.6 Å². The van der Waals surface area contributed by atoms with Crippen LogP contribution in [0.15, 0.2) is 30.3 Å². The number of fused-ring (bicyclic) bond motifs is 1. The van der Waals surface area contributed by atoms with Gasteiger partial charge in [-0.15, -0.1) is 0 Å². The van der Waals surface area contributed by atoms with E-state index in [1.165, 1.54) is 6.42 Å². The fourth-order valence-electron chi connectivity index (χ4n) is 4.91. The second kappa shape index (κ2) is 7.44. The summed E-state index contributed by atoms with van der Waals surface area (Å²) in [5.74, 6) is 1.28. The largest absolute Gasteiger partial charge is 0.388 e. The van der Waals surface area contributed by atoms with E-state index in [4.69, 9.17) is 0 Å². The molecule has 0 radical (unpaired) electrons. The number of carbonyl (C=O) groups is 1. The van der Waals surface area contributed by atoms with E-state index in [0.717, 1.165) is 50.9 Å². The van der Waals surface area contributed by atoms with Crippen molar-refractivity contribution in [3.8, 4) is 0 Å². The van der Waals surface area contributed by atoms with Gasteiger partial charge in [0.25, 0.3) is 0 Å². The predicted molar refractivity (Wildman–Crippen MR) is 96.5 cm³/mol. The Bertz CT molecular complexity index is 586. The van der Waals surface area contributed by atoms with E-state index in [9.17, 15) is 9.90 Å². The number of hydrogen-bond donors (Lipinski definition) is 3. The van der Waals surface area contributed by atoms with Gasteiger partial charge < -0.3 is 10.0 Å². The maximum Gasteiger partial charge on any atom is 0.227 e. The second-order valence-electron chi connectivity index (χ2n) is 7.87. The molecule has 25 heavy (non-hydrogen) atoms. The Labute approximate surface area is 149 Å². The molecule has 2 saturated heterocycles. The molecule has 2 aliphatic heterocycles. The highest BCUT2D eigenvalue weighted by Crippen LogP contribution is 2.35. The fourth-order valence-corrected chi connectivity index (χ4v) is 4.91. The molecule has 4 atom stereocenters. The molecule has 1 aromatic rings. The number of nitrogens with zero attached hydrogens (tertiary/aromatic N) is 1. The summed E-state index contributed by atoms with van der Waals surface area (Å²) in [6.45, 7) is 2.53. The van der Waals surface area contributed by atoms with Crippen LogP contribution in [0.1, 0.15) is 43.8 Å². The number of amides is 1. The SMILES string of the molecule is O=C(C1CCCC2CNNC21)N1CCC(C(O)c2ccccc2)CC1. The van der Waals surface area contributed by atoms with Crippen molar-refractivity contribution in [2.45, 2.75) is 44.2 Å². The Hall–Kier alpha value is -1.43. The van der Waals surface area contributed by atoms with Crippen molar-refractivity contribution in [1.29, 1.82) is 0 Å². The van der Waals surface area contributed by atoms with Crippen molar-refractivity contribution >= 4 is 5.91 Å². The third-order valence-electron chi connectivity index (χ3n) is 6.42. The molecule has 136 valence electrons. The number of nitrogens with one attached hydrogen (secondary N) is 2. The number of benzene rings is 1. The number of aliphatic hydroxyl groups is 1. The molecule has 4 rings (SSSR count). The summed E-state index contributed by atoms with van der Waals surface area (Å²) >= 11 is 0. The molecule has 1 amide bonds. The lowest BCUT2D eigenvalue weighted by molar-refractivity contribution is -0.140. The summed E-state index contributed by atoms with van der Waals surface area (Å²) in [5.41, 5.74) is 7.57. The maximum atomic E-state index is 13.0. The summed E-state index contributed by atoms with van der Waals surface area (Å²) < 4.78 is 0. The number of likely N-dealkylation sites (tertiary alicyclic amines) is 1. The zero-order chi connectivity index (χ0) is 17.2. The monoisotopic (exact) mass is 343 g/mol. The smallest absolute Gasteiger partial charge is 0.227 e. The van der Waals surface area contributed by atoms with Gasteiger partial charge in [-0.05, 0) is 43.1 Å². The van der Waals surface area contributed by atoms with Crippen molar-refractivity contribution < 1.29 is 9.90 Å². The van der Waals surface area contributed by atoms with Crippen LogP contribution in [0.3, 0.4) is 0 Å². The Morgan fingerprint density at radius 2 is 1.88 bits per heavy atom. The van der Waals surface area contributed by atoms with E-state index < -0.39 is 6.10 Å². The van der Waals surface area contributed by atoms with Crippen LogP contribution in [0.4, 0.5) is 0 Å². The fraction of sp³-hybridized carbons (Fsp3) is 0.650. The molecule has 5 nitrogen and oxygen atoms in total. The molecule has 3 N–H and O–H groups in total. The first-order valence-electron chi connectivity index (χ1n) is 9.74. The molecule has 0 aromatic heterocycles. The third-order valence-corrected chi connectivity index (χ3v) is 6.42. The van der Waals surface area contributed by atoms with Gasteiger partial charge in [0, 0.05) is 25.7 Å². The van der Waals surface area contributed by atoms with Crippen LogP contribution in [0.2, 0.25) is 0 Å². The highest BCUT2D eigenvalue weighted by Gasteiger charge is 2.42. The Balaban J connectivity index is 1.34. The molecule has 5 heteroatoms. The third kappa shape index (κ3) is 3.46. The van der Waals surface area contributed by atoms with E-state index >= 15 is 0 Å². The molecule has 4 unspecified atom stereocenters. The Kier molecular flexibility index (Phi) is 5.06. The number of hydrazine groups is 1. The Morgan fingerprint density at radius 1 is 1.12 bits per heavy atom. The molecule has 2 heterocycles. The van der Waals surface area contributed by atoms with Crippen LogP contribution in [0, 0.1) is 17.8 Å². The number of aliphatic hydroxyl groups excluding tert-OH is 1. The average Bonchev–Trinajstić information content (AvgIpc) is 3.16. The standard InChI is InChI=1S/C20H29N3O2/c24-19(14-5-2-1-3-6-14)15-9-11-23(12-10-15)20(25)17-8-4-7-16-13-21-22-18(16)17/h1-3,5-6,15-19,21-22,24H,4,7-13H2. The van der Waals surface area contributed by atoms with E-state index in [0.29, 0.717) is 17.9 Å². The number of hydrogen-bond acceptors (Lipinski definition) is 4. The molecule has 1 saturated carbocycles. The topological polar surface area (TPSA) is 64.6 Å². The highest BCUT2D eigenvalue weighted by molar-refractivity contribution is 5.80. The van der Waals surface area contributed by atoms with Crippen molar-refractivity contribution in [2.24, 2.45) is 17.8 Å². The lowest BCUT2D eigenvalue weighted by Crippen LogP contribution is -2.51. The van der Waals surface area contributed by atoms with Gasteiger partial charge in [0.2, 0.25) is 5.91 Å². The second-order valence-corrected chi connectivity index (χ2v) is 7.87. The Morgan fingerprint density at radius 3 is 2.64 bits per heavy atom. The van der Waals surface area contributed by atoms with Crippen LogP contribution in [0.25, 0.3) is 0 Å². The minimum atomic E-state index is -0.418. The summed E-state index contributed by atoms with van der Waals surface area (Å²) in [7, 11) is 0. The minimum absolute atomic E-state index is 0.115. The van der Waals surface area contributed by atoms with Gasteiger partial charge >= 0.3 is 0 Å². The van der Waals surface area contributed by atoms with E-state index in [2.05, 4.69) is 10.9 Å². The predicted octanol–water partition coefficient (Wildman–Crippen LogP) is 1.85. The molecule has 0 spiro atoms. The summed E-state index contributed by atoms with van der Waals surface area (Å²) in [6, 6.07) is 10.2. The molecular formula is C20H29N3O2. The number of piperidine rings is 1. The molecule has 3 aliphatic rings. The van der Waals surface area contributed by atoms with Gasteiger partial charge in [-0.1, -0.05) is 36.8 Å². The summed E-state index contributed by atoms with van der Waals surface area (Å²) in [4.78, 5) is 15.1. The van der Waals surface area contributed by atoms with Crippen molar-refractivity contribution in [3.63, 3.8) is 0 Å². The van der Waals surface area contributed by atoms with Gasteiger partial charge in [0.05, 0.1) is 12.0 Å². The normalized spacial score (nSPS) is 31.6. The molecule has 3 fully saturated rings. The molecule has 1 aromatic carbocycles. The van der Waals surface area contributed by atoms with Gasteiger partial charge in [-0.25, -0.2) is 0 Å². The quantitative estimate of drug-likeness (QED) is 0.784. The first kappa shape index (κ1) is 17.0. The molecular weight excluding hydrogens is 314 g/mol. The van der Waals surface area contributed by atoms with E-state index in [1.54, 1.807) is 0 Å². The van der Waals surface area contributed by atoms with Crippen molar-refractivity contribution in [2.75, 3.05) is 19.6 Å². The lowest BCUT2D eigenvalue weighted by atomic mass is 9.77. The van der Waals surface area contributed by atoms with Crippen LogP contribution in [0.5, 0.6) is 0 Å². The first-order valence-corrected chi connectivity index (χ1v) is 9.74. The van der Waals surface area contributed by atoms with Gasteiger partial charge in [-0.2, -0.15) is 0 Å². The van der Waals surface area contributed by atoms with E-state index in [1.807, 2.05) is 35.2 Å². The van der Waals surface area contributed by atoms with Gasteiger partial charge in [0.15, 0.2) is 0 Å². The van der Waals surface area contributed by atoms with Crippen molar-refractivity contribution in [1.82, 2.24) is 15.8 Å². The van der Waals surface area contributed by atoms with Crippen LogP contribution >= 0.6 is 0 Å². The average molecular weight is 343 g/mol. The highest BCUT2D eigenvalue weighted by atomic mass is 16.3. The number of rotatable bonds is 3. The van der Waals surface area contributed by atoms with Gasteiger partial charge in [-0.3, -0.25) is 15.6 Å². The zero-order valence-electron chi connectivity index (χ0n) is 14.7. The van der Waals surface area contributed by atoms with E-state index in [-0.39, 0.29) is 11.8 Å². The van der Waals surface area contributed by atoms with Crippen molar-refractivity contribution in [3.05, 3.63) is 35.9 Å². The summed E-state index contributed by atoms with van der Waals surface area (Å²) in [5, 5.41) is 10.6. The van der Waals surface area contributed by atoms with Crippen LogP contribution < -0.4 is 10.9 Å².